The van der Waals surface area contributed by atoms with E-state index in [9.17, 15) is 14.4 Å². The average molecular weight is 279 g/mol. The number of rotatable bonds is 7. The van der Waals surface area contributed by atoms with Crippen LogP contribution in [0.15, 0.2) is 0 Å². The van der Waals surface area contributed by atoms with Crippen LogP contribution in [-0.4, -0.2) is 51.4 Å². The summed E-state index contributed by atoms with van der Waals surface area (Å²) in [5, 5.41) is 24.7. The van der Waals surface area contributed by atoms with Gasteiger partial charge in [-0.1, -0.05) is 0 Å². The molecule has 0 bridgehead atoms. The summed E-state index contributed by atoms with van der Waals surface area (Å²) in [7, 11) is 0. The Morgan fingerprint density at radius 3 is 1.89 bits per heavy atom. The predicted octanol–water partition coefficient (Wildman–Crippen LogP) is -1.60. The molecule has 0 saturated carbocycles. The zero-order valence-corrected chi connectivity index (χ0v) is 10.7. The highest BCUT2D eigenvalue weighted by atomic mass is 16.4. The van der Waals surface area contributed by atoms with Crippen molar-refractivity contribution in [3.8, 4) is 0 Å². The van der Waals surface area contributed by atoms with Gasteiger partial charge in [-0.05, 0) is 26.3 Å². The van der Waals surface area contributed by atoms with Gasteiger partial charge in [0.2, 0.25) is 0 Å². The standard InChI is InChI=1S/C5H12N2O2.C5H9NO4/c6-3-1-2-4(7)5(8)9;1-5(6,4(9)10)2-3(7)8/h4H,1-3,6-7H2,(H,8,9);2,6H2,1H3,(H,7,8)(H,9,10)/t4-;5-/m00/s1. The molecule has 0 heterocycles. The van der Waals surface area contributed by atoms with Gasteiger partial charge in [0.05, 0.1) is 6.42 Å². The fourth-order valence-electron chi connectivity index (χ4n) is 0.851. The van der Waals surface area contributed by atoms with E-state index in [2.05, 4.69) is 0 Å². The largest absolute Gasteiger partial charge is 0.481 e. The van der Waals surface area contributed by atoms with Gasteiger partial charge in [-0.3, -0.25) is 14.4 Å². The molecule has 9 N–H and O–H groups in total. The van der Waals surface area contributed by atoms with Gasteiger partial charge in [0.15, 0.2) is 0 Å². The molecule has 0 saturated heterocycles. The van der Waals surface area contributed by atoms with Gasteiger partial charge in [-0.2, -0.15) is 0 Å². The molecular formula is C10H21N3O6. The molecule has 0 spiro atoms. The second-order valence-corrected chi connectivity index (χ2v) is 4.17. The lowest BCUT2D eigenvalue weighted by molar-refractivity contribution is -0.149. The Labute approximate surface area is 110 Å². The van der Waals surface area contributed by atoms with Gasteiger partial charge in [-0.25, -0.2) is 0 Å². The number of carboxylic acids is 3. The van der Waals surface area contributed by atoms with E-state index >= 15 is 0 Å². The number of hydrogen-bond acceptors (Lipinski definition) is 6. The quantitative estimate of drug-likeness (QED) is 0.318. The molecule has 9 heteroatoms. The van der Waals surface area contributed by atoms with E-state index in [1.807, 2.05) is 0 Å². The summed E-state index contributed by atoms with van der Waals surface area (Å²) in [6, 6.07) is -0.742. The smallest absolute Gasteiger partial charge is 0.323 e. The SMILES string of the molecule is C[C@](N)(CC(=O)O)C(=O)O.NCCC[C@H](N)C(=O)O. The number of carboxylic acid groups (broad SMARTS) is 3. The van der Waals surface area contributed by atoms with Crippen LogP contribution in [-0.2, 0) is 14.4 Å². The van der Waals surface area contributed by atoms with Crippen LogP contribution in [0.25, 0.3) is 0 Å². The molecule has 0 aromatic heterocycles. The summed E-state index contributed by atoms with van der Waals surface area (Å²) < 4.78 is 0. The third-order valence-electron chi connectivity index (χ3n) is 2.04. The first-order valence-corrected chi connectivity index (χ1v) is 5.47. The third-order valence-corrected chi connectivity index (χ3v) is 2.04. The molecular weight excluding hydrogens is 258 g/mol. The first-order chi connectivity index (χ1) is 8.54. The van der Waals surface area contributed by atoms with E-state index in [1.165, 1.54) is 0 Å². The fourth-order valence-corrected chi connectivity index (χ4v) is 0.851. The number of nitrogens with two attached hydrogens (primary N) is 3. The summed E-state index contributed by atoms with van der Waals surface area (Å²) in [5.74, 6) is -3.48. The molecule has 0 amide bonds. The minimum absolute atomic E-state index is 0.464. The topological polar surface area (TPSA) is 190 Å². The van der Waals surface area contributed by atoms with E-state index in [-0.39, 0.29) is 0 Å². The summed E-state index contributed by atoms with van der Waals surface area (Å²) in [6.45, 7) is 1.66. The number of aliphatic carboxylic acids is 3. The maximum Gasteiger partial charge on any atom is 0.323 e. The van der Waals surface area contributed by atoms with E-state index < -0.39 is 35.9 Å². The second kappa shape index (κ2) is 9.25. The molecule has 0 aliphatic heterocycles. The van der Waals surface area contributed by atoms with Gasteiger partial charge >= 0.3 is 17.9 Å². The van der Waals surface area contributed by atoms with Crippen LogP contribution in [0.5, 0.6) is 0 Å². The maximum atomic E-state index is 10.2. The molecule has 9 nitrogen and oxygen atoms in total. The van der Waals surface area contributed by atoms with Crippen molar-refractivity contribution in [2.24, 2.45) is 17.2 Å². The zero-order valence-electron chi connectivity index (χ0n) is 10.7. The van der Waals surface area contributed by atoms with Crippen LogP contribution in [0.4, 0.5) is 0 Å². The van der Waals surface area contributed by atoms with Gasteiger partial charge in [0, 0.05) is 0 Å². The van der Waals surface area contributed by atoms with E-state index in [0.29, 0.717) is 19.4 Å². The summed E-state index contributed by atoms with van der Waals surface area (Å²) in [5.41, 5.74) is 13.7. The summed E-state index contributed by atoms with van der Waals surface area (Å²) in [4.78, 5) is 30.2. The van der Waals surface area contributed by atoms with Gasteiger partial charge < -0.3 is 32.5 Å². The molecule has 0 rings (SSSR count). The summed E-state index contributed by atoms with van der Waals surface area (Å²) >= 11 is 0. The minimum Gasteiger partial charge on any atom is -0.481 e. The van der Waals surface area contributed by atoms with Crippen molar-refractivity contribution in [3.05, 3.63) is 0 Å². The Kier molecular flexibility index (Phi) is 9.56. The third kappa shape index (κ3) is 11.1. The molecule has 0 aliphatic rings. The van der Waals surface area contributed by atoms with Crippen molar-refractivity contribution in [1.82, 2.24) is 0 Å². The van der Waals surface area contributed by atoms with Crippen molar-refractivity contribution in [2.45, 2.75) is 37.8 Å². The van der Waals surface area contributed by atoms with Crippen LogP contribution >= 0.6 is 0 Å². The lowest BCUT2D eigenvalue weighted by Gasteiger charge is -2.15. The number of carbonyl (C=O) groups is 3. The Morgan fingerprint density at radius 2 is 1.68 bits per heavy atom. The Bertz CT molecular complexity index is 318. The van der Waals surface area contributed by atoms with Crippen LogP contribution < -0.4 is 17.2 Å². The van der Waals surface area contributed by atoms with Crippen LogP contribution in [0.2, 0.25) is 0 Å². The van der Waals surface area contributed by atoms with Gasteiger partial charge in [0.1, 0.15) is 11.6 Å². The molecule has 0 radical (unpaired) electrons. The minimum atomic E-state index is -1.66. The summed E-state index contributed by atoms with van der Waals surface area (Å²) in [6.07, 6.45) is 0.571. The van der Waals surface area contributed by atoms with Gasteiger partial charge in [-0.15, -0.1) is 0 Å². The fraction of sp³-hybridized carbons (Fsp3) is 0.700. The van der Waals surface area contributed by atoms with E-state index in [0.717, 1.165) is 6.92 Å². The second-order valence-electron chi connectivity index (χ2n) is 4.17. The lowest BCUT2D eigenvalue weighted by Crippen LogP contribution is -2.46. The van der Waals surface area contributed by atoms with Crippen molar-refractivity contribution in [1.29, 1.82) is 0 Å². The van der Waals surface area contributed by atoms with Crippen LogP contribution in [0, 0.1) is 0 Å². The maximum absolute atomic E-state index is 10.2. The normalized spacial score (nSPS) is 14.5. The van der Waals surface area contributed by atoms with Crippen LogP contribution in [0.1, 0.15) is 26.2 Å². The average Bonchev–Trinajstić information content (AvgIpc) is 2.24. The van der Waals surface area contributed by atoms with E-state index in [4.69, 9.17) is 32.5 Å². The first kappa shape index (κ1) is 19.6. The molecule has 0 aliphatic carbocycles. The Hall–Kier alpha value is -1.71. The van der Waals surface area contributed by atoms with Crippen molar-refractivity contribution >= 4 is 17.9 Å². The molecule has 0 aromatic carbocycles. The number of hydrogen-bond donors (Lipinski definition) is 6. The molecule has 0 unspecified atom stereocenters. The highest BCUT2D eigenvalue weighted by Gasteiger charge is 2.30. The Morgan fingerprint density at radius 1 is 1.21 bits per heavy atom. The first-order valence-electron chi connectivity index (χ1n) is 5.47. The van der Waals surface area contributed by atoms with Crippen molar-refractivity contribution < 1.29 is 29.7 Å². The predicted molar refractivity (Wildman–Crippen MR) is 66.4 cm³/mol. The molecule has 0 aromatic rings. The van der Waals surface area contributed by atoms with E-state index in [1.54, 1.807) is 0 Å². The van der Waals surface area contributed by atoms with Crippen LogP contribution in [0.3, 0.4) is 0 Å². The molecule has 0 fully saturated rings. The molecule has 112 valence electrons. The van der Waals surface area contributed by atoms with Crippen molar-refractivity contribution in [3.63, 3.8) is 0 Å². The molecule has 2 atom stereocenters. The monoisotopic (exact) mass is 279 g/mol. The highest BCUT2D eigenvalue weighted by Crippen LogP contribution is 2.04. The Balaban J connectivity index is 0. The van der Waals surface area contributed by atoms with Crippen molar-refractivity contribution in [2.75, 3.05) is 6.54 Å². The molecule has 19 heavy (non-hydrogen) atoms. The highest BCUT2D eigenvalue weighted by molar-refractivity contribution is 5.84. The van der Waals surface area contributed by atoms with Gasteiger partial charge in [0.25, 0.3) is 0 Å². The zero-order chi connectivity index (χ0) is 15.6. The lowest BCUT2D eigenvalue weighted by atomic mass is 10.0.